The van der Waals surface area contributed by atoms with Gasteiger partial charge in [-0.2, -0.15) is 0 Å². The van der Waals surface area contributed by atoms with E-state index in [1.54, 1.807) is 20.3 Å². The second-order valence-corrected chi connectivity index (χ2v) is 9.98. The summed E-state index contributed by atoms with van der Waals surface area (Å²) in [4.78, 5) is 12.6. The fourth-order valence-electron chi connectivity index (χ4n) is 5.41. The monoisotopic (exact) mass is 509 g/mol. The molecule has 196 valence electrons. The van der Waals surface area contributed by atoms with Crippen LogP contribution in [0, 0.1) is 5.92 Å². The lowest BCUT2D eigenvalue weighted by Gasteiger charge is -2.20. The molecule has 1 aliphatic carbocycles. The van der Waals surface area contributed by atoms with E-state index in [1.807, 2.05) is 42.5 Å². The first-order valence-corrected chi connectivity index (χ1v) is 13.3. The van der Waals surface area contributed by atoms with Gasteiger partial charge in [-0.1, -0.05) is 48.5 Å². The molecule has 2 aliphatic rings. The van der Waals surface area contributed by atoms with Gasteiger partial charge in [0, 0.05) is 17.5 Å². The number of allylic oxidation sites excluding steroid dienone is 1. The molecule has 3 aromatic carbocycles. The van der Waals surface area contributed by atoms with Gasteiger partial charge in [-0.15, -0.1) is 0 Å². The Kier molecular flexibility index (Phi) is 7.83. The molecule has 5 nitrogen and oxygen atoms in total. The zero-order valence-corrected chi connectivity index (χ0v) is 22.1. The standard InChI is InChI=1S/C33H35NO4/c1-36-29-13-7-11-26(20-29)33(27-12-8-14-30(21-27)37-2)22-28(33)16-17-32(35)34-18-6-5-9-24-19-25-10-3-4-15-31(25)38-23-24/h3-4,7-8,10-17,19-21,28H,5-6,9,18,22-23H2,1-2H3,(H,34,35)/b17-16+/t28-/m1/s1. The summed E-state index contributed by atoms with van der Waals surface area (Å²) in [5, 5.41) is 3.05. The van der Waals surface area contributed by atoms with Gasteiger partial charge >= 0.3 is 0 Å². The number of hydrogen-bond donors (Lipinski definition) is 1. The molecule has 38 heavy (non-hydrogen) atoms. The van der Waals surface area contributed by atoms with Crippen LogP contribution in [0.4, 0.5) is 0 Å². The molecule has 3 aromatic rings. The van der Waals surface area contributed by atoms with Crippen LogP contribution in [0.3, 0.4) is 0 Å². The molecule has 0 aromatic heterocycles. The van der Waals surface area contributed by atoms with Gasteiger partial charge in [0.2, 0.25) is 5.91 Å². The molecule has 5 rings (SSSR count). The molecule has 1 fully saturated rings. The normalized spacial score (nSPS) is 17.2. The summed E-state index contributed by atoms with van der Waals surface area (Å²) in [6.07, 6.45) is 9.82. The number of ether oxygens (including phenoxy) is 3. The Bertz CT molecular complexity index is 1290. The largest absolute Gasteiger partial charge is 0.497 e. The second kappa shape index (κ2) is 11.6. The highest BCUT2D eigenvalue weighted by Gasteiger charge is 2.55. The van der Waals surface area contributed by atoms with Crippen molar-refractivity contribution in [2.75, 3.05) is 27.4 Å². The first-order chi connectivity index (χ1) is 18.6. The second-order valence-electron chi connectivity index (χ2n) is 9.98. The highest BCUT2D eigenvalue weighted by molar-refractivity contribution is 5.87. The van der Waals surface area contributed by atoms with E-state index >= 15 is 0 Å². The number of unbranched alkanes of at least 4 members (excludes halogenated alkanes) is 1. The summed E-state index contributed by atoms with van der Waals surface area (Å²) in [6, 6.07) is 24.6. The van der Waals surface area contributed by atoms with Crippen molar-refractivity contribution in [3.05, 3.63) is 107 Å². The molecular formula is C33H35NO4. The van der Waals surface area contributed by atoms with Crippen molar-refractivity contribution >= 4 is 12.0 Å². The molecule has 1 atom stereocenters. The van der Waals surface area contributed by atoms with Crippen molar-refractivity contribution in [3.63, 3.8) is 0 Å². The molecule has 0 saturated heterocycles. The fraction of sp³-hybridized carbons (Fsp3) is 0.303. The highest BCUT2D eigenvalue weighted by Crippen LogP contribution is 2.60. The predicted molar refractivity (Wildman–Crippen MR) is 151 cm³/mol. The molecule has 1 saturated carbocycles. The average molecular weight is 510 g/mol. The lowest BCUT2D eigenvalue weighted by molar-refractivity contribution is -0.116. The summed E-state index contributed by atoms with van der Waals surface area (Å²) in [7, 11) is 3.37. The maximum Gasteiger partial charge on any atom is 0.243 e. The summed E-state index contributed by atoms with van der Waals surface area (Å²) in [5.74, 6) is 2.78. The molecule has 0 bridgehead atoms. The number of amides is 1. The molecule has 5 heteroatoms. The van der Waals surface area contributed by atoms with E-state index < -0.39 is 0 Å². The molecule has 1 aliphatic heterocycles. The molecule has 0 radical (unpaired) electrons. The van der Waals surface area contributed by atoms with Crippen molar-refractivity contribution in [3.8, 4) is 17.2 Å². The van der Waals surface area contributed by atoms with E-state index in [4.69, 9.17) is 14.2 Å². The molecule has 1 N–H and O–H groups in total. The summed E-state index contributed by atoms with van der Waals surface area (Å²) >= 11 is 0. The van der Waals surface area contributed by atoms with Crippen LogP contribution in [0.15, 0.2) is 90.5 Å². The Balaban J connectivity index is 1.16. The summed E-state index contributed by atoms with van der Waals surface area (Å²) < 4.78 is 16.8. The van der Waals surface area contributed by atoms with Crippen LogP contribution in [-0.4, -0.2) is 33.3 Å². The van der Waals surface area contributed by atoms with Gasteiger partial charge < -0.3 is 19.5 Å². The van der Waals surface area contributed by atoms with E-state index in [9.17, 15) is 4.79 Å². The van der Waals surface area contributed by atoms with Crippen LogP contribution < -0.4 is 19.5 Å². The van der Waals surface area contributed by atoms with Crippen LogP contribution in [0.25, 0.3) is 6.08 Å². The SMILES string of the molecule is COc1cccc(C2(c3cccc(OC)c3)C[C@H]2/C=C/C(=O)NCCCCC2=Cc3ccccc3OC2)c1. The smallest absolute Gasteiger partial charge is 0.243 e. The average Bonchev–Trinajstić information content (AvgIpc) is 3.71. The maximum absolute atomic E-state index is 12.6. The van der Waals surface area contributed by atoms with Crippen LogP contribution in [-0.2, 0) is 10.2 Å². The number of hydrogen-bond acceptors (Lipinski definition) is 4. The Labute approximate surface area is 225 Å². The quantitative estimate of drug-likeness (QED) is 0.242. The lowest BCUT2D eigenvalue weighted by Crippen LogP contribution is -2.22. The number of carbonyl (C=O) groups excluding carboxylic acids is 1. The Morgan fingerprint density at radius 3 is 2.39 bits per heavy atom. The van der Waals surface area contributed by atoms with E-state index in [2.05, 4.69) is 47.8 Å². The van der Waals surface area contributed by atoms with Crippen LogP contribution in [0.2, 0.25) is 0 Å². The molecule has 0 unspecified atom stereocenters. The van der Waals surface area contributed by atoms with Crippen molar-refractivity contribution in [2.24, 2.45) is 5.92 Å². The highest BCUT2D eigenvalue weighted by atomic mass is 16.5. The van der Waals surface area contributed by atoms with Gasteiger partial charge in [0.05, 0.1) is 14.2 Å². The molecule has 1 amide bonds. The van der Waals surface area contributed by atoms with Gasteiger partial charge in [-0.25, -0.2) is 0 Å². The first kappa shape index (κ1) is 25.7. The van der Waals surface area contributed by atoms with E-state index in [-0.39, 0.29) is 17.2 Å². The van der Waals surface area contributed by atoms with Crippen LogP contribution in [0.1, 0.15) is 42.4 Å². The first-order valence-electron chi connectivity index (χ1n) is 13.3. The van der Waals surface area contributed by atoms with E-state index in [1.165, 1.54) is 16.7 Å². The third-order valence-electron chi connectivity index (χ3n) is 7.58. The predicted octanol–water partition coefficient (Wildman–Crippen LogP) is 6.33. The van der Waals surface area contributed by atoms with Gasteiger partial charge in [-0.3, -0.25) is 4.79 Å². The molecule has 0 spiro atoms. The zero-order chi connectivity index (χ0) is 26.4. The number of benzene rings is 3. The van der Waals surface area contributed by atoms with Gasteiger partial charge in [0.25, 0.3) is 0 Å². The van der Waals surface area contributed by atoms with Gasteiger partial charge in [-0.05, 0) is 90.8 Å². The van der Waals surface area contributed by atoms with Crippen molar-refractivity contribution in [2.45, 2.75) is 31.1 Å². The Morgan fingerprint density at radius 1 is 0.974 bits per heavy atom. The number of methoxy groups -OCH3 is 2. The van der Waals surface area contributed by atoms with Crippen molar-refractivity contribution < 1.29 is 19.0 Å². The van der Waals surface area contributed by atoms with Gasteiger partial charge in [0.15, 0.2) is 0 Å². The Hall–Kier alpha value is -3.99. The van der Waals surface area contributed by atoms with E-state index in [0.717, 1.165) is 48.5 Å². The third kappa shape index (κ3) is 5.62. The topological polar surface area (TPSA) is 56.8 Å². The lowest BCUT2D eigenvalue weighted by atomic mass is 9.85. The molecule has 1 heterocycles. The number of nitrogens with one attached hydrogen (secondary N) is 1. The van der Waals surface area contributed by atoms with Crippen molar-refractivity contribution in [1.29, 1.82) is 0 Å². The fourth-order valence-corrected chi connectivity index (χ4v) is 5.41. The number of rotatable bonds is 11. The zero-order valence-electron chi connectivity index (χ0n) is 22.1. The minimum Gasteiger partial charge on any atom is -0.497 e. The minimum atomic E-state index is -0.200. The minimum absolute atomic E-state index is 0.0452. The van der Waals surface area contributed by atoms with Gasteiger partial charge in [0.1, 0.15) is 23.9 Å². The number of para-hydroxylation sites is 1. The number of fused-ring (bicyclic) bond motifs is 1. The van der Waals surface area contributed by atoms with Crippen molar-refractivity contribution in [1.82, 2.24) is 5.32 Å². The Morgan fingerprint density at radius 2 is 1.68 bits per heavy atom. The van der Waals surface area contributed by atoms with Crippen LogP contribution >= 0.6 is 0 Å². The summed E-state index contributed by atoms with van der Waals surface area (Å²) in [5.41, 5.74) is 4.61. The summed E-state index contributed by atoms with van der Waals surface area (Å²) in [6.45, 7) is 1.31. The maximum atomic E-state index is 12.6. The molecular weight excluding hydrogens is 474 g/mol. The van der Waals surface area contributed by atoms with Crippen LogP contribution in [0.5, 0.6) is 17.2 Å². The third-order valence-corrected chi connectivity index (χ3v) is 7.58. The number of carbonyl (C=O) groups is 1. The van der Waals surface area contributed by atoms with E-state index in [0.29, 0.717) is 13.2 Å².